The van der Waals surface area contributed by atoms with Crippen LogP contribution in [0.2, 0.25) is 10.0 Å². The molecule has 4 aromatic carbocycles. The fourth-order valence-corrected chi connectivity index (χ4v) is 3.73. The van der Waals surface area contributed by atoms with Gasteiger partial charge in [-0.3, -0.25) is 4.79 Å². The van der Waals surface area contributed by atoms with E-state index in [1.807, 2.05) is 97.1 Å². The summed E-state index contributed by atoms with van der Waals surface area (Å²) in [5, 5.41) is 10.7. The zero-order chi connectivity index (χ0) is 30.0. The molecule has 0 aliphatic rings. The molecule has 216 valence electrons. The van der Waals surface area contributed by atoms with Crippen LogP contribution in [0.3, 0.4) is 0 Å². The number of aliphatic hydroxyl groups excluding tert-OH is 1. The molecule has 0 atom stereocenters. The molecule has 0 amide bonds. The highest BCUT2D eigenvalue weighted by Crippen LogP contribution is 2.23. The Balaban J connectivity index is 0.000000246. The molecule has 0 aliphatic carbocycles. The van der Waals surface area contributed by atoms with Crippen molar-refractivity contribution in [2.75, 3.05) is 26.2 Å². The Kier molecular flexibility index (Phi) is 15.8. The van der Waals surface area contributed by atoms with Gasteiger partial charge in [0.1, 0.15) is 11.9 Å². The first kappa shape index (κ1) is 34.0. The molecule has 0 saturated heterocycles. The van der Waals surface area contributed by atoms with Gasteiger partial charge >= 0.3 is 11.9 Å². The molecule has 0 aromatic heterocycles. The molecule has 0 bridgehead atoms. The monoisotopic (exact) mass is 660 g/mol. The fraction of sp³-hybridized carbons (Fsp3) is 0.188. The van der Waals surface area contributed by atoms with Crippen molar-refractivity contribution in [1.29, 1.82) is 0 Å². The molecule has 0 heterocycles. The zero-order valence-corrected chi connectivity index (χ0v) is 25.8. The Hall–Kier alpha value is -3.20. The van der Waals surface area contributed by atoms with E-state index >= 15 is 0 Å². The predicted molar refractivity (Wildman–Crippen MR) is 167 cm³/mol. The highest BCUT2D eigenvalue weighted by Gasteiger charge is 2.02. The molecule has 0 unspecified atom stereocenters. The van der Waals surface area contributed by atoms with Crippen LogP contribution in [-0.4, -0.2) is 43.2 Å². The highest BCUT2D eigenvalue weighted by atomic mass is 79.9. The molecule has 0 spiro atoms. The van der Waals surface area contributed by atoms with Crippen LogP contribution in [0.15, 0.2) is 97.1 Å². The van der Waals surface area contributed by atoms with E-state index in [1.165, 1.54) is 14.2 Å². The maximum atomic E-state index is 10.9. The lowest BCUT2D eigenvalue weighted by Gasteiger charge is -2.05. The van der Waals surface area contributed by atoms with Crippen molar-refractivity contribution >= 4 is 51.1 Å². The number of esters is 2. The number of benzene rings is 4. The van der Waals surface area contributed by atoms with Gasteiger partial charge in [-0.25, -0.2) is 4.79 Å². The van der Waals surface area contributed by atoms with E-state index in [9.17, 15) is 9.59 Å². The molecule has 4 rings (SSSR count). The highest BCUT2D eigenvalue weighted by molar-refractivity contribution is 9.09. The molecule has 6 nitrogen and oxygen atoms in total. The summed E-state index contributed by atoms with van der Waals surface area (Å²) in [7, 11) is 2.69. The number of aliphatic hydroxyl groups is 1. The molecular formula is C32H31BrCl2O6. The number of hydrogen-bond acceptors (Lipinski definition) is 6. The van der Waals surface area contributed by atoms with Crippen LogP contribution >= 0.6 is 39.1 Å². The number of alkyl halides is 1. The average molecular weight is 662 g/mol. The third-order valence-corrected chi connectivity index (χ3v) is 6.46. The van der Waals surface area contributed by atoms with Gasteiger partial charge in [0.25, 0.3) is 0 Å². The van der Waals surface area contributed by atoms with Crippen molar-refractivity contribution < 1.29 is 28.9 Å². The second-order valence-electron chi connectivity index (χ2n) is 8.34. The van der Waals surface area contributed by atoms with E-state index in [0.717, 1.165) is 43.4 Å². The lowest BCUT2D eigenvalue weighted by atomic mass is 10.0. The van der Waals surface area contributed by atoms with Gasteiger partial charge in [0.05, 0.1) is 27.4 Å². The Morgan fingerprint density at radius 3 is 1.32 bits per heavy atom. The summed E-state index contributed by atoms with van der Waals surface area (Å²) in [5.41, 5.74) is 6.40. The Bertz CT molecular complexity index is 1320. The van der Waals surface area contributed by atoms with Crippen molar-refractivity contribution in [2.24, 2.45) is 0 Å². The maximum Gasteiger partial charge on any atom is 0.331 e. The van der Waals surface area contributed by atoms with E-state index < -0.39 is 0 Å². The molecule has 4 aromatic rings. The molecule has 1 N–H and O–H groups in total. The number of carbonyl (C=O) groups is 2. The van der Waals surface area contributed by atoms with Gasteiger partial charge in [-0.15, -0.1) is 0 Å². The minimum atomic E-state index is -0.372. The number of rotatable bonds is 8. The summed E-state index contributed by atoms with van der Waals surface area (Å²) in [4.78, 5) is 20.8. The number of carbonyl (C=O) groups excluding carboxylic acids is 2. The lowest BCUT2D eigenvalue weighted by molar-refractivity contribution is -0.146. The summed E-state index contributed by atoms with van der Waals surface area (Å²) in [6, 6.07) is 31.2. The van der Waals surface area contributed by atoms with Gasteiger partial charge in [-0.05, 0) is 57.6 Å². The first-order chi connectivity index (χ1) is 19.8. The van der Waals surface area contributed by atoms with Crippen molar-refractivity contribution in [3.63, 3.8) is 0 Å². The molecule has 9 heteroatoms. The van der Waals surface area contributed by atoms with Crippen molar-refractivity contribution in [2.45, 2.75) is 13.2 Å². The maximum absolute atomic E-state index is 10.9. The summed E-state index contributed by atoms with van der Waals surface area (Å²) in [5.74, 6) is -0.613. The van der Waals surface area contributed by atoms with Crippen LogP contribution in [-0.2, 0) is 37.0 Å². The first-order valence-electron chi connectivity index (χ1n) is 12.4. The molecule has 0 fully saturated rings. The zero-order valence-electron chi connectivity index (χ0n) is 22.7. The van der Waals surface area contributed by atoms with E-state index in [1.54, 1.807) is 0 Å². The van der Waals surface area contributed by atoms with Crippen molar-refractivity contribution in [3.05, 3.63) is 118 Å². The quantitative estimate of drug-likeness (QED) is 0.154. The smallest absolute Gasteiger partial charge is 0.331 e. The van der Waals surface area contributed by atoms with Crippen LogP contribution < -0.4 is 0 Å². The molecule has 0 aliphatic heterocycles. The van der Waals surface area contributed by atoms with Crippen LogP contribution in [0.1, 0.15) is 11.1 Å². The Morgan fingerprint density at radius 2 is 1.00 bits per heavy atom. The lowest BCUT2D eigenvalue weighted by Crippen LogP contribution is -2.09. The van der Waals surface area contributed by atoms with Crippen LogP contribution in [0.25, 0.3) is 22.3 Å². The fourth-order valence-electron chi connectivity index (χ4n) is 3.25. The van der Waals surface area contributed by atoms with Gasteiger partial charge in [0, 0.05) is 10.0 Å². The second-order valence-corrected chi connectivity index (χ2v) is 9.78. The molecule has 0 saturated carbocycles. The minimum absolute atomic E-state index is 0.0323. The average Bonchev–Trinajstić information content (AvgIpc) is 3.02. The first-order valence-corrected chi connectivity index (χ1v) is 14.2. The van der Waals surface area contributed by atoms with Gasteiger partial charge in [0.2, 0.25) is 0 Å². The number of ether oxygens (including phenoxy) is 3. The van der Waals surface area contributed by atoms with E-state index in [0.29, 0.717) is 6.61 Å². The third-order valence-electron chi connectivity index (χ3n) is 5.50. The SMILES string of the molecule is COC(=O)CBr.COC(=O)COCc1ccc(-c2ccc(Cl)cc2)cc1.OCc1ccc(-c2ccc(Cl)cc2)cc1. The molecular weight excluding hydrogens is 631 g/mol. The number of methoxy groups -OCH3 is 2. The van der Waals surface area contributed by atoms with Crippen molar-refractivity contribution in [1.82, 2.24) is 0 Å². The normalized spacial score (nSPS) is 9.90. The molecule has 41 heavy (non-hydrogen) atoms. The van der Waals surface area contributed by atoms with Gasteiger partial charge in [-0.2, -0.15) is 0 Å². The van der Waals surface area contributed by atoms with Crippen LogP contribution in [0.4, 0.5) is 0 Å². The Labute approximate surface area is 258 Å². The number of hydrogen-bond donors (Lipinski definition) is 1. The Morgan fingerprint density at radius 1 is 0.634 bits per heavy atom. The molecule has 0 radical (unpaired) electrons. The van der Waals surface area contributed by atoms with Gasteiger partial charge in [-0.1, -0.05) is 112 Å². The van der Waals surface area contributed by atoms with Crippen LogP contribution in [0, 0.1) is 0 Å². The van der Waals surface area contributed by atoms with E-state index in [-0.39, 0.29) is 30.5 Å². The third kappa shape index (κ3) is 12.9. The van der Waals surface area contributed by atoms with Gasteiger partial charge < -0.3 is 19.3 Å². The summed E-state index contributed by atoms with van der Waals surface area (Å²) < 4.78 is 14.0. The van der Waals surface area contributed by atoms with E-state index in [4.69, 9.17) is 33.0 Å². The largest absolute Gasteiger partial charge is 0.468 e. The summed E-state index contributed by atoms with van der Waals surface area (Å²) in [6.07, 6.45) is 0. The van der Waals surface area contributed by atoms with Gasteiger partial charge in [0.15, 0.2) is 0 Å². The topological polar surface area (TPSA) is 82.1 Å². The van der Waals surface area contributed by atoms with E-state index in [2.05, 4.69) is 25.4 Å². The summed E-state index contributed by atoms with van der Waals surface area (Å²) in [6.45, 7) is 0.437. The summed E-state index contributed by atoms with van der Waals surface area (Å²) >= 11 is 14.6. The standard InChI is InChI=1S/C16H15ClO3.C13H11ClO.C3H5BrO2/c1-19-16(18)11-20-10-12-2-4-13(5-3-12)14-6-8-15(17)9-7-14;14-13-7-5-12(6-8-13)11-3-1-10(9-15)2-4-11;1-6-3(5)2-4/h2-9H,10-11H2,1H3;1-8,15H,9H2;2H2,1H3. The number of halogens is 3. The minimum Gasteiger partial charge on any atom is -0.468 e. The van der Waals surface area contributed by atoms with Crippen molar-refractivity contribution in [3.8, 4) is 22.3 Å². The van der Waals surface area contributed by atoms with Crippen LogP contribution in [0.5, 0.6) is 0 Å². The second kappa shape index (κ2) is 19.0. The predicted octanol–water partition coefficient (Wildman–Crippen LogP) is 7.75.